The second-order valence-electron chi connectivity index (χ2n) is 6.51. The van der Waals surface area contributed by atoms with E-state index < -0.39 is 0 Å². The van der Waals surface area contributed by atoms with Crippen molar-refractivity contribution in [3.05, 3.63) is 47.8 Å². The number of hydrogen-bond donors (Lipinski definition) is 2. The number of amides is 1. The number of phenols is 1. The van der Waals surface area contributed by atoms with Gasteiger partial charge in [-0.3, -0.25) is 9.69 Å². The lowest BCUT2D eigenvalue weighted by Crippen LogP contribution is -2.47. The Morgan fingerprint density at radius 3 is 2.65 bits per heavy atom. The van der Waals surface area contributed by atoms with Crippen molar-refractivity contribution in [3.63, 3.8) is 0 Å². The van der Waals surface area contributed by atoms with Gasteiger partial charge >= 0.3 is 0 Å². The second kappa shape index (κ2) is 8.62. The van der Waals surface area contributed by atoms with Crippen LogP contribution in [0.15, 0.2) is 36.7 Å². The molecule has 1 saturated heterocycles. The maximum absolute atomic E-state index is 12.2. The number of phenolic OH excluding ortho intramolecular Hbond substituents is 1. The summed E-state index contributed by atoms with van der Waals surface area (Å²) in [5, 5.41) is 12.7. The van der Waals surface area contributed by atoms with Gasteiger partial charge in [0.2, 0.25) is 5.95 Å². The van der Waals surface area contributed by atoms with Gasteiger partial charge in [-0.1, -0.05) is 11.6 Å². The molecular formula is C19H25N5O2. The Morgan fingerprint density at radius 1 is 1.19 bits per heavy atom. The molecule has 26 heavy (non-hydrogen) atoms. The summed E-state index contributed by atoms with van der Waals surface area (Å²) in [4.78, 5) is 25.3. The van der Waals surface area contributed by atoms with Gasteiger partial charge in [0.15, 0.2) is 0 Å². The van der Waals surface area contributed by atoms with Crippen LogP contribution in [-0.4, -0.2) is 65.2 Å². The summed E-state index contributed by atoms with van der Waals surface area (Å²) in [5.74, 6) is 0.585. The monoisotopic (exact) mass is 355 g/mol. The van der Waals surface area contributed by atoms with Crippen LogP contribution in [0.2, 0.25) is 0 Å². The summed E-state index contributed by atoms with van der Waals surface area (Å²) in [7, 11) is 0. The number of benzene rings is 1. The molecule has 7 nitrogen and oxygen atoms in total. The van der Waals surface area contributed by atoms with Gasteiger partial charge in [-0.15, -0.1) is 0 Å². The van der Waals surface area contributed by atoms with Crippen LogP contribution >= 0.6 is 0 Å². The van der Waals surface area contributed by atoms with Crippen molar-refractivity contribution in [2.24, 2.45) is 0 Å². The quantitative estimate of drug-likeness (QED) is 0.763. The van der Waals surface area contributed by atoms with Gasteiger partial charge in [-0.2, -0.15) is 0 Å². The molecule has 1 aromatic carbocycles. The first kappa shape index (κ1) is 18.1. The standard InChI is InChI=1S/C19H25N5O2/c1-15-4-5-17(25)16(14-15)18(26)20-8-3-9-23-10-12-24(13-11-23)19-21-6-2-7-22-19/h2,4-7,14,25H,3,8-13H2,1H3,(H,20,26). The average Bonchev–Trinajstić information content (AvgIpc) is 2.68. The van der Waals surface area contributed by atoms with Crippen LogP contribution in [0.4, 0.5) is 5.95 Å². The van der Waals surface area contributed by atoms with Gasteiger partial charge in [0.25, 0.3) is 5.91 Å². The number of hydrogen-bond acceptors (Lipinski definition) is 6. The van der Waals surface area contributed by atoms with E-state index in [2.05, 4.69) is 25.1 Å². The molecule has 2 heterocycles. The Labute approximate surface area is 153 Å². The minimum absolute atomic E-state index is 0.0207. The first-order valence-corrected chi connectivity index (χ1v) is 8.95. The molecular weight excluding hydrogens is 330 g/mol. The maximum Gasteiger partial charge on any atom is 0.255 e. The van der Waals surface area contributed by atoms with Crippen molar-refractivity contribution < 1.29 is 9.90 Å². The first-order valence-electron chi connectivity index (χ1n) is 8.95. The van der Waals surface area contributed by atoms with Gasteiger partial charge in [-0.05, 0) is 38.1 Å². The number of carbonyl (C=O) groups is 1. The molecule has 3 rings (SSSR count). The smallest absolute Gasteiger partial charge is 0.255 e. The molecule has 2 N–H and O–H groups in total. The highest BCUT2D eigenvalue weighted by Crippen LogP contribution is 2.17. The lowest BCUT2D eigenvalue weighted by Gasteiger charge is -2.34. The van der Waals surface area contributed by atoms with Crippen molar-refractivity contribution in [2.75, 3.05) is 44.2 Å². The summed E-state index contributed by atoms with van der Waals surface area (Å²) >= 11 is 0. The molecule has 1 fully saturated rings. The molecule has 138 valence electrons. The van der Waals surface area contributed by atoms with Gasteiger partial charge in [0, 0.05) is 45.1 Å². The molecule has 0 radical (unpaired) electrons. The van der Waals surface area contributed by atoms with E-state index in [0.717, 1.165) is 50.7 Å². The van der Waals surface area contributed by atoms with Gasteiger partial charge in [0.05, 0.1) is 5.56 Å². The fraction of sp³-hybridized carbons (Fsp3) is 0.421. The molecule has 7 heteroatoms. The van der Waals surface area contributed by atoms with Crippen LogP contribution in [-0.2, 0) is 0 Å². The number of rotatable bonds is 6. The lowest BCUT2D eigenvalue weighted by molar-refractivity contribution is 0.0948. The molecule has 0 bridgehead atoms. The van der Waals surface area contributed by atoms with Crippen LogP contribution in [0.3, 0.4) is 0 Å². The summed E-state index contributed by atoms with van der Waals surface area (Å²) in [5.41, 5.74) is 1.29. The zero-order valence-corrected chi connectivity index (χ0v) is 15.1. The molecule has 0 unspecified atom stereocenters. The fourth-order valence-electron chi connectivity index (χ4n) is 3.06. The van der Waals surface area contributed by atoms with Crippen LogP contribution in [0.25, 0.3) is 0 Å². The third-order valence-electron chi connectivity index (χ3n) is 4.54. The minimum atomic E-state index is -0.225. The first-order chi connectivity index (χ1) is 12.6. The normalized spacial score (nSPS) is 15.0. The predicted octanol–water partition coefficient (Wildman–Crippen LogP) is 1.43. The number of piperazine rings is 1. The van der Waals surface area contributed by atoms with Crippen molar-refractivity contribution in [1.82, 2.24) is 20.2 Å². The van der Waals surface area contributed by atoms with E-state index in [9.17, 15) is 9.90 Å². The number of aromatic nitrogens is 2. The van der Waals surface area contributed by atoms with Crippen LogP contribution in [0, 0.1) is 6.92 Å². The van der Waals surface area contributed by atoms with E-state index in [1.807, 2.05) is 13.0 Å². The Balaban J connectivity index is 1.37. The number of anilines is 1. The molecule has 1 aromatic heterocycles. The second-order valence-corrected chi connectivity index (χ2v) is 6.51. The molecule has 0 saturated carbocycles. The number of nitrogens with zero attached hydrogens (tertiary/aromatic N) is 4. The van der Waals surface area contributed by atoms with E-state index in [1.165, 1.54) is 0 Å². The third-order valence-corrected chi connectivity index (χ3v) is 4.54. The van der Waals surface area contributed by atoms with Gasteiger partial charge in [0.1, 0.15) is 5.75 Å². The number of aromatic hydroxyl groups is 1. The van der Waals surface area contributed by atoms with E-state index in [-0.39, 0.29) is 11.7 Å². The van der Waals surface area contributed by atoms with Gasteiger partial charge in [-0.25, -0.2) is 9.97 Å². The van der Waals surface area contributed by atoms with Crippen molar-refractivity contribution in [1.29, 1.82) is 0 Å². The highest BCUT2D eigenvalue weighted by molar-refractivity contribution is 5.96. The molecule has 1 amide bonds. The van der Waals surface area contributed by atoms with Crippen molar-refractivity contribution in [3.8, 4) is 5.75 Å². The highest BCUT2D eigenvalue weighted by atomic mass is 16.3. The lowest BCUT2D eigenvalue weighted by atomic mass is 10.1. The van der Waals surface area contributed by atoms with E-state index in [1.54, 1.807) is 30.6 Å². The molecule has 1 aliphatic heterocycles. The van der Waals surface area contributed by atoms with Crippen LogP contribution < -0.4 is 10.2 Å². The third kappa shape index (κ3) is 4.70. The number of nitrogens with one attached hydrogen (secondary N) is 1. The Morgan fingerprint density at radius 2 is 1.92 bits per heavy atom. The summed E-state index contributed by atoms with van der Waals surface area (Å²) in [6.45, 7) is 7.17. The molecule has 2 aromatic rings. The van der Waals surface area contributed by atoms with Crippen molar-refractivity contribution >= 4 is 11.9 Å². The maximum atomic E-state index is 12.2. The summed E-state index contributed by atoms with van der Waals surface area (Å²) < 4.78 is 0. The summed E-state index contributed by atoms with van der Waals surface area (Å²) in [6.07, 6.45) is 4.41. The minimum Gasteiger partial charge on any atom is -0.507 e. The fourth-order valence-corrected chi connectivity index (χ4v) is 3.06. The van der Waals surface area contributed by atoms with E-state index >= 15 is 0 Å². The molecule has 1 aliphatic rings. The predicted molar refractivity (Wildman–Crippen MR) is 100 cm³/mol. The van der Waals surface area contributed by atoms with E-state index in [0.29, 0.717) is 12.1 Å². The van der Waals surface area contributed by atoms with Crippen LogP contribution in [0.1, 0.15) is 22.3 Å². The zero-order valence-electron chi connectivity index (χ0n) is 15.1. The Hall–Kier alpha value is -2.67. The average molecular weight is 355 g/mol. The summed E-state index contributed by atoms with van der Waals surface area (Å²) in [6, 6.07) is 6.87. The zero-order chi connectivity index (χ0) is 18.4. The topological polar surface area (TPSA) is 81.6 Å². The highest BCUT2D eigenvalue weighted by Gasteiger charge is 2.18. The molecule has 0 atom stereocenters. The van der Waals surface area contributed by atoms with Gasteiger partial charge < -0.3 is 15.3 Å². The van der Waals surface area contributed by atoms with Crippen LogP contribution in [0.5, 0.6) is 5.75 Å². The van der Waals surface area contributed by atoms with Crippen molar-refractivity contribution in [2.45, 2.75) is 13.3 Å². The number of aryl methyl sites for hydroxylation is 1. The number of carbonyl (C=O) groups excluding carboxylic acids is 1. The largest absolute Gasteiger partial charge is 0.507 e. The SMILES string of the molecule is Cc1ccc(O)c(C(=O)NCCCN2CCN(c3ncccn3)CC2)c1. The molecule has 0 spiro atoms. The Bertz CT molecular complexity index is 730. The van der Waals surface area contributed by atoms with E-state index in [4.69, 9.17) is 0 Å². The molecule has 0 aliphatic carbocycles. The Kier molecular flexibility index (Phi) is 6.01.